The lowest BCUT2D eigenvalue weighted by Gasteiger charge is -2.07. The van der Waals surface area contributed by atoms with Gasteiger partial charge >= 0.3 is 0 Å². The number of nitrogens with one attached hydrogen (secondary N) is 1. The molecule has 8 heteroatoms. The molecule has 0 aliphatic rings. The molecule has 1 aromatic carbocycles. The van der Waals surface area contributed by atoms with Gasteiger partial charge in [0, 0.05) is 10.9 Å². The Balaban J connectivity index is 2.29. The van der Waals surface area contributed by atoms with Gasteiger partial charge in [0.15, 0.2) is 5.13 Å². The van der Waals surface area contributed by atoms with E-state index in [1.165, 1.54) is 23.5 Å². The van der Waals surface area contributed by atoms with E-state index in [9.17, 15) is 8.42 Å². The number of thiocarbonyl (C=S) groups is 1. The molecule has 5 nitrogen and oxygen atoms in total. The Bertz CT molecular complexity index is 766. The summed E-state index contributed by atoms with van der Waals surface area (Å²) in [5, 5.41) is 2.19. The van der Waals surface area contributed by atoms with Crippen LogP contribution in [0.1, 0.15) is 31.0 Å². The fourth-order valence-corrected chi connectivity index (χ4v) is 3.89. The maximum Gasteiger partial charge on any atom is 0.263 e. The number of nitrogens with two attached hydrogens (primary N) is 1. The first-order chi connectivity index (χ1) is 9.79. The Labute approximate surface area is 133 Å². The molecule has 0 unspecified atom stereocenters. The molecule has 112 valence electrons. The molecule has 1 aromatic heterocycles. The van der Waals surface area contributed by atoms with E-state index in [-0.39, 0.29) is 15.8 Å². The Morgan fingerprint density at radius 3 is 2.71 bits per heavy atom. The maximum atomic E-state index is 12.3. The highest BCUT2D eigenvalue weighted by Crippen LogP contribution is 2.24. The largest absolute Gasteiger partial charge is 0.389 e. The van der Waals surface area contributed by atoms with Gasteiger partial charge in [0.2, 0.25) is 0 Å². The van der Waals surface area contributed by atoms with Crippen LogP contribution >= 0.6 is 23.6 Å². The summed E-state index contributed by atoms with van der Waals surface area (Å²) in [6, 6.07) is 6.20. The van der Waals surface area contributed by atoms with Crippen LogP contribution in [-0.2, 0) is 10.0 Å². The van der Waals surface area contributed by atoms with Gasteiger partial charge in [-0.25, -0.2) is 13.4 Å². The maximum absolute atomic E-state index is 12.3. The minimum atomic E-state index is -3.70. The molecule has 21 heavy (non-hydrogen) atoms. The van der Waals surface area contributed by atoms with E-state index in [2.05, 4.69) is 9.71 Å². The number of anilines is 1. The van der Waals surface area contributed by atoms with Crippen molar-refractivity contribution in [3.63, 3.8) is 0 Å². The Morgan fingerprint density at radius 2 is 2.14 bits per heavy atom. The van der Waals surface area contributed by atoms with Gasteiger partial charge in [-0.15, -0.1) is 11.3 Å². The number of hydrogen-bond donors (Lipinski definition) is 2. The third kappa shape index (κ3) is 3.78. The fraction of sp³-hybridized carbons (Fsp3) is 0.231. The summed E-state index contributed by atoms with van der Waals surface area (Å²) >= 11 is 6.12. The summed E-state index contributed by atoms with van der Waals surface area (Å²) in [6.07, 6.45) is 0. The zero-order chi connectivity index (χ0) is 15.6. The number of sulfonamides is 1. The van der Waals surface area contributed by atoms with Crippen LogP contribution in [0.2, 0.25) is 0 Å². The van der Waals surface area contributed by atoms with Crippen LogP contribution in [0.5, 0.6) is 0 Å². The minimum Gasteiger partial charge on any atom is -0.389 e. The summed E-state index contributed by atoms with van der Waals surface area (Å²) < 4.78 is 27.1. The molecule has 0 aliphatic carbocycles. The van der Waals surface area contributed by atoms with Crippen molar-refractivity contribution in [1.29, 1.82) is 0 Å². The number of rotatable bonds is 5. The third-order valence-corrected chi connectivity index (χ3v) is 5.24. The van der Waals surface area contributed by atoms with Crippen molar-refractivity contribution in [3.8, 4) is 0 Å². The van der Waals surface area contributed by atoms with Crippen molar-refractivity contribution in [2.45, 2.75) is 24.7 Å². The molecular formula is C13H15N3O2S3. The van der Waals surface area contributed by atoms with E-state index in [1.54, 1.807) is 12.1 Å². The highest BCUT2D eigenvalue weighted by Gasteiger charge is 2.17. The average molecular weight is 341 g/mol. The molecule has 0 atom stereocenters. The third-order valence-electron chi connectivity index (χ3n) is 2.76. The lowest BCUT2D eigenvalue weighted by molar-refractivity contribution is 0.601. The zero-order valence-corrected chi connectivity index (χ0v) is 14.0. The molecule has 0 radical (unpaired) electrons. The molecule has 2 rings (SSSR count). The number of aromatic nitrogens is 1. The first-order valence-electron chi connectivity index (χ1n) is 6.17. The molecule has 0 spiro atoms. The SMILES string of the molecule is CC(C)c1csc(NS(=O)(=O)c2cccc(C(N)=S)c2)n1. The average Bonchev–Trinajstić information content (AvgIpc) is 2.87. The van der Waals surface area contributed by atoms with Gasteiger partial charge in [-0.3, -0.25) is 4.72 Å². The van der Waals surface area contributed by atoms with E-state index in [1.807, 2.05) is 19.2 Å². The van der Waals surface area contributed by atoms with E-state index in [0.29, 0.717) is 10.7 Å². The summed E-state index contributed by atoms with van der Waals surface area (Å²) in [4.78, 5) is 4.52. The van der Waals surface area contributed by atoms with Crippen LogP contribution in [0.25, 0.3) is 0 Å². The quantitative estimate of drug-likeness (QED) is 0.817. The fourth-order valence-electron chi connectivity index (χ4n) is 1.59. The minimum absolute atomic E-state index is 0.106. The van der Waals surface area contributed by atoms with Crippen molar-refractivity contribution < 1.29 is 8.42 Å². The van der Waals surface area contributed by atoms with Gasteiger partial charge < -0.3 is 5.73 Å². The number of nitrogens with zero attached hydrogens (tertiary/aromatic N) is 1. The number of hydrogen-bond acceptors (Lipinski definition) is 5. The molecule has 0 saturated carbocycles. The molecule has 0 aliphatic heterocycles. The van der Waals surface area contributed by atoms with Gasteiger partial charge in [-0.2, -0.15) is 0 Å². The number of benzene rings is 1. The Kier molecular flexibility index (Phi) is 4.60. The van der Waals surface area contributed by atoms with Crippen molar-refractivity contribution in [2.24, 2.45) is 5.73 Å². The van der Waals surface area contributed by atoms with Crippen LogP contribution in [0.3, 0.4) is 0 Å². The van der Waals surface area contributed by atoms with Crippen molar-refractivity contribution in [1.82, 2.24) is 4.98 Å². The highest BCUT2D eigenvalue weighted by molar-refractivity contribution is 7.93. The monoisotopic (exact) mass is 341 g/mol. The van der Waals surface area contributed by atoms with Gasteiger partial charge in [0.1, 0.15) is 4.99 Å². The van der Waals surface area contributed by atoms with Crippen LogP contribution < -0.4 is 10.5 Å². The van der Waals surface area contributed by atoms with E-state index in [0.717, 1.165) is 5.69 Å². The smallest absolute Gasteiger partial charge is 0.263 e. The second-order valence-electron chi connectivity index (χ2n) is 4.73. The summed E-state index contributed by atoms with van der Waals surface area (Å²) in [7, 11) is -3.70. The molecule has 1 heterocycles. The topological polar surface area (TPSA) is 85.1 Å². The van der Waals surface area contributed by atoms with Crippen LogP contribution in [0.15, 0.2) is 34.5 Å². The van der Waals surface area contributed by atoms with E-state index in [4.69, 9.17) is 18.0 Å². The summed E-state index contributed by atoms with van der Waals surface area (Å²) in [5.74, 6) is 0.248. The van der Waals surface area contributed by atoms with Gasteiger partial charge in [0.05, 0.1) is 10.6 Å². The normalized spacial score (nSPS) is 11.6. The van der Waals surface area contributed by atoms with E-state index < -0.39 is 10.0 Å². The number of thiazole rings is 1. The molecule has 3 N–H and O–H groups in total. The lowest BCUT2D eigenvalue weighted by Crippen LogP contribution is -2.15. The molecule has 0 fully saturated rings. The molecule has 0 amide bonds. The Morgan fingerprint density at radius 1 is 1.43 bits per heavy atom. The van der Waals surface area contributed by atoms with Crippen LogP contribution in [0, 0.1) is 0 Å². The van der Waals surface area contributed by atoms with Crippen molar-refractivity contribution >= 4 is 43.7 Å². The predicted molar refractivity (Wildman–Crippen MR) is 89.3 cm³/mol. The lowest BCUT2D eigenvalue weighted by atomic mass is 10.2. The second kappa shape index (κ2) is 6.08. The molecule has 2 aromatic rings. The van der Waals surface area contributed by atoms with Gasteiger partial charge in [-0.05, 0) is 18.1 Å². The molecular weight excluding hydrogens is 326 g/mol. The van der Waals surface area contributed by atoms with Gasteiger partial charge in [-0.1, -0.05) is 38.2 Å². The van der Waals surface area contributed by atoms with Gasteiger partial charge in [0.25, 0.3) is 10.0 Å². The standard InChI is InChI=1S/C13H15N3O2S3/c1-8(2)11-7-20-13(15-11)16-21(17,18)10-5-3-4-9(6-10)12(14)19/h3-8H,1-2H3,(H2,14,19)(H,15,16). The van der Waals surface area contributed by atoms with Crippen LogP contribution in [-0.4, -0.2) is 18.4 Å². The van der Waals surface area contributed by atoms with E-state index >= 15 is 0 Å². The summed E-state index contributed by atoms with van der Waals surface area (Å²) in [5.41, 5.74) is 6.89. The van der Waals surface area contributed by atoms with Crippen LogP contribution in [0.4, 0.5) is 5.13 Å². The van der Waals surface area contributed by atoms with Crippen molar-refractivity contribution in [2.75, 3.05) is 4.72 Å². The predicted octanol–water partition coefficient (Wildman–Crippen LogP) is 2.70. The zero-order valence-electron chi connectivity index (χ0n) is 11.5. The second-order valence-corrected chi connectivity index (χ2v) is 7.71. The highest BCUT2D eigenvalue weighted by atomic mass is 32.2. The first kappa shape index (κ1) is 15.9. The molecule has 0 saturated heterocycles. The van der Waals surface area contributed by atoms with Crippen molar-refractivity contribution in [3.05, 3.63) is 40.9 Å². The first-order valence-corrected chi connectivity index (χ1v) is 8.95. The Hall–Kier alpha value is -1.51. The molecule has 0 bridgehead atoms. The summed E-state index contributed by atoms with van der Waals surface area (Å²) in [6.45, 7) is 4.00.